The van der Waals surface area contributed by atoms with Crippen molar-refractivity contribution in [2.45, 2.75) is 6.92 Å². The van der Waals surface area contributed by atoms with E-state index in [1.165, 1.54) is 0 Å². The Balaban J connectivity index is 0.000000583. The van der Waals surface area contributed by atoms with Gasteiger partial charge in [0.05, 0.1) is 0 Å². The summed E-state index contributed by atoms with van der Waals surface area (Å²) in [5, 5.41) is 13.8. The van der Waals surface area contributed by atoms with Gasteiger partial charge in [-0.05, 0) is 19.1 Å². The number of nitrogens with zero attached hydrogens (tertiary/aromatic N) is 1. The highest BCUT2D eigenvalue weighted by atomic mass is 32.5. The van der Waals surface area contributed by atoms with Gasteiger partial charge in [0.1, 0.15) is 5.75 Å². The lowest BCUT2D eigenvalue weighted by atomic mass is 10.2. The molecule has 1 aromatic carbocycles. The molecule has 0 saturated heterocycles. The molecule has 0 aliphatic heterocycles. The summed E-state index contributed by atoms with van der Waals surface area (Å²) >= 11 is 4.30. The average Bonchev–Trinajstić information content (AvgIpc) is 2.08. The molecule has 3 N–H and O–H groups in total. The molecule has 1 rings (SSSR count). The minimum absolute atomic E-state index is 0.383. The second-order valence-corrected chi connectivity index (χ2v) is 5.09. The van der Waals surface area contributed by atoms with Gasteiger partial charge in [-0.2, -0.15) is 5.26 Å². The van der Waals surface area contributed by atoms with Gasteiger partial charge in [0.15, 0.2) is 0 Å². The van der Waals surface area contributed by atoms with Gasteiger partial charge in [0.25, 0.3) is 6.26 Å². The van der Waals surface area contributed by atoms with Crippen molar-refractivity contribution in [1.29, 1.82) is 5.26 Å². The summed E-state index contributed by atoms with van der Waals surface area (Å²) in [4.78, 5) is 17.6. The van der Waals surface area contributed by atoms with Crippen LogP contribution in [0.4, 0.5) is 0 Å². The van der Waals surface area contributed by atoms with Gasteiger partial charge in [0, 0.05) is 11.8 Å². The van der Waals surface area contributed by atoms with E-state index in [0.717, 1.165) is 11.8 Å². The highest BCUT2D eigenvalue weighted by Gasteiger charge is 2.08. The quantitative estimate of drug-likeness (QED) is 0.540. The summed E-state index contributed by atoms with van der Waals surface area (Å²) < 4.78 is 4.69. The Morgan fingerprint density at radius 2 is 1.73 bits per heavy atom. The summed E-state index contributed by atoms with van der Waals surface area (Å²) in [7, 11) is 0. The molecule has 0 aliphatic carbocycles. The van der Waals surface area contributed by atoms with Crippen molar-refractivity contribution >= 4 is 18.5 Å². The number of aryl methyl sites for hydroxylation is 1. The molecular formula is C8H10NO4PS. The van der Waals surface area contributed by atoms with Gasteiger partial charge in [0.2, 0.25) is 0 Å². The molecule has 0 aliphatic rings. The van der Waals surface area contributed by atoms with E-state index in [4.69, 9.17) is 24.7 Å². The van der Waals surface area contributed by atoms with Gasteiger partial charge in [-0.1, -0.05) is 17.7 Å². The van der Waals surface area contributed by atoms with E-state index in [2.05, 4.69) is 11.8 Å². The standard InChI is InChI=1S/C7H9O3PS.CHNO/c1-6-2-4-7(5-3-6)10-11(8,9)12;2-1-3/h2-5H,1H3,(H2,8,9,12);3H. The Hall–Kier alpha value is -1.12. The molecule has 0 spiro atoms. The normalized spacial score (nSPS) is 9.47. The molecule has 5 nitrogen and oxygen atoms in total. The first-order valence-electron chi connectivity index (χ1n) is 3.74. The molecule has 0 bridgehead atoms. The number of aliphatic hydroxyl groups excluding tert-OH is 1. The summed E-state index contributed by atoms with van der Waals surface area (Å²) in [5.41, 5.74) is 1.08. The fourth-order valence-electron chi connectivity index (χ4n) is 0.736. The maximum Gasteiger partial charge on any atom is 0.375 e. The molecule has 0 unspecified atom stereocenters. The molecule has 0 fully saturated rings. The molecule has 7 heteroatoms. The van der Waals surface area contributed by atoms with E-state index in [0.29, 0.717) is 5.75 Å². The second-order valence-electron chi connectivity index (χ2n) is 2.49. The van der Waals surface area contributed by atoms with E-state index < -0.39 is 6.72 Å². The number of rotatable bonds is 2. The first kappa shape index (κ1) is 13.9. The van der Waals surface area contributed by atoms with Crippen LogP contribution >= 0.6 is 6.72 Å². The third-order valence-corrected chi connectivity index (χ3v) is 1.92. The second kappa shape index (κ2) is 6.38. The Labute approximate surface area is 92.4 Å². The molecule has 15 heavy (non-hydrogen) atoms. The summed E-state index contributed by atoms with van der Waals surface area (Å²) in [6.07, 6.45) is 0.750. The van der Waals surface area contributed by atoms with Crippen molar-refractivity contribution < 1.29 is 19.4 Å². The van der Waals surface area contributed by atoms with Crippen LogP contribution in [0.2, 0.25) is 0 Å². The van der Waals surface area contributed by atoms with Crippen LogP contribution in [0.1, 0.15) is 5.56 Å². The van der Waals surface area contributed by atoms with Gasteiger partial charge in [-0.15, -0.1) is 0 Å². The van der Waals surface area contributed by atoms with Crippen LogP contribution in [0.3, 0.4) is 0 Å². The molecular weight excluding hydrogens is 237 g/mol. The third kappa shape index (κ3) is 7.91. The number of hydrogen-bond acceptors (Lipinski definition) is 4. The molecule has 0 amide bonds. The Kier molecular flexibility index (Phi) is 5.90. The largest absolute Gasteiger partial charge is 0.443 e. The highest BCUT2D eigenvalue weighted by molar-refractivity contribution is 8.06. The maximum atomic E-state index is 8.80. The van der Waals surface area contributed by atoms with E-state index >= 15 is 0 Å². The van der Waals surface area contributed by atoms with Crippen LogP contribution in [0.15, 0.2) is 24.3 Å². The average molecular weight is 247 g/mol. The molecule has 1 aromatic rings. The van der Waals surface area contributed by atoms with Crippen molar-refractivity contribution in [3.63, 3.8) is 0 Å². The Bertz CT molecular complexity index is 381. The first-order chi connectivity index (χ1) is 6.89. The molecule has 0 saturated carbocycles. The molecule has 82 valence electrons. The summed E-state index contributed by atoms with van der Waals surface area (Å²) in [6.45, 7) is -1.64. The number of nitriles is 1. The zero-order valence-electron chi connectivity index (χ0n) is 7.86. The fourth-order valence-corrected chi connectivity index (χ4v) is 1.39. The zero-order valence-corrected chi connectivity index (χ0v) is 9.57. The lowest BCUT2D eigenvalue weighted by molar-refractivity contribution is 0.370. The third-order valence-electron chi connectivity index (χ3n) is 1.25. The van der Waals surface area contributed by atoms with E-state index in [1.54, 1.807) is 24.3 Å². The Morgan fingerprint density at radius 1 is 1.33 bits per heavy atom. The lowest BCUT2D eigenvalue weighted by Crippen LogP contribution is -1.89. The van der Waals surface area contributed by atoms with E-state index in [9.17, 15) is 0 Å². The van der Waals surface area contributed by atoms with Crippen molar-refractivity contribution in [2.24, 2.45) is 0 Å². The van der Waals surface area contributed by atoms with Crippen molar-refractivity contribution in [3.05, 3.63) is 29.8 Å². The monoisotopic (exact) mass is 247 g/mol. The SMILES string of the molecule is Cc1ccc(OP(O)(O)=S)cc1.N#CO. The van der Waals surface area contributed by atoms with Crippen molar-refractivity contribution in [1.82, 2.24) is 0 Å². The highest BCUT2D eigenvalue weighted by Crippen LogP contribution is 2.37. The van der Waals surface area contributed by atoms with Crippen LogP contribution in [0, 0.1) is 18.4 Å². The number of benzene rings is 1. The lowest BCUT2D eigenvalue weighted by Gasteiger charge is -2.09. The van der Waals surface area contributed by atoms with Gasteiger partial charge < -0.3 is 19.4 Å². The number of hydrogen-bond donors (Lipinski definition) is 3. The topological polar surface area (TPSA) is 93.7 Å². The van der Waals surface area contributed by atoms with E-state index in [1.807, 2.05) is 6.92 Å². The molecule has 0 aromatic heterocycles. The predicted molar refractivity (Wildman–Crippen MR) is 58.1 cm³/mol. The summed E-state index contributed by atoms with van der Waals surface area (Å²) in [5.74, 6) is 0.383. The van der Waals surface area contributed by atoms with Crippen LogP contribution < -0.4 is 4.52 Å². The van der Waals surface area contributed by atoms with Crippen LogP contribution in [-0.4, -0.2) is 14.9 Å². The Morgan fingerprint density at radius 3 is 2.07 bits per heavy atom. The fraction of sp³-hybridized carbons (Fsp3) is 0.125. The summed E-state index contributed by atoms with van der Waals surface area (Å²) in [6, 6.07) is 6.90. The minimum atomic E-state index is -3.57. The molecule has 0 atom stereocenters. The predicted octanol–water partition coefficient (Wildman–Crippen LogP) is 1.42. The first-order valence-corrected chi connectivity index (χ1v) is 6.36. The zero-order chi connectivity index (χ0) is 11.9. The molecule has 0 heterocycles. The van der Waals surface area contributed by atoms with Gasteiger partial charge in [-0.25, -0.2) is 0 Å². The van der Waals surface area contributed by atoms with Gasteiger partial charge >= 0.3 is 6.72 Å². The van der Waals surface area contributed by atoms with Crippen LogP contribution in [0.25, 0.3) is 0 Å². The van der Waals surface area contributed by atoms with E-state index in [-0.39, 0.29) is 0 Å². The minimum Gasteiger partial charge on any atom is -0.443 e. The number of aliphatic hydroxyl groups is 1. The van der Waals surface area contributed by atoms with Gasteiger partial charge in [-0.3, -0.25) is 0 Å². The smallest absolute Gasteiger partial charge is 0.375 e. The molecule has 0 radical (unpaired) electrons. The van der Waals surface area contributed by atoms with Crippen LogP contribution in [0.5, 0.6) is 5.75 Å². The van der Waals surface area contributed by atoms with Crippen molar-refractivity contribution in [3.8, 4) is 12.0 Å². The maximum absolute atomic E-state index is 8.80. The van der Waals surface area contributed by atoms with Crippen LogP contribution in [-0.2, 0) is 11.8 Å². The van der Waals surface area contributed by atoms with Crippen molar-refractivity contribution in [2.75, 3.05) is 0 Å².